The zero-order chi connectivity index (χ0) is 47.0. The zero-order valence-electron chi connectivity index (χ0n) is 42.2. The first-order valence-corrected chi connectivity index (χ1v) is 26.3. The van der Waals surface area contributed by atoms with Gasteiger partial charge in [-0.2, -0.15) is 0 Å². The number of allylic oxidation sites excluding steroid dienone is 10. The van der Waals surface area contributed by atoms with Crippen LogP contribution in [-0.2, 0) is 28.6 Å². The van der Waals surface area contributed by atoms with Crippen molar-refractivity contribution in [1.82, 2.24) is 0 Å². The highest BCUT2D eigenvalue weighted by molar-refractivity contribution is 5.70. The minimum Gasteiger partial charge on any atom is -0.544 e. The molecule has 0 aliphatic heterocycles. The summed E-state index contributed by atoms with van der Waals surface area (Å²) in [6.45, 7) is 4.54. The van der Waals surface area contributed by atoms with Crippen LogP contribution in [0.2, 0.25) is 0 Å². The number of quaternary nitrogens is 1. The predicted octanol–water partition coefficient (Wildman–Crippen LogP) is 14.0. The summed E-state index contributed by atoms with van der Waals surface area (Å²) in [4.78, 5) is 37.1. The van der Waals surface area contributed by atoms with Gasteiger partial charge in [0.05, 0.1) is 40.3 Å². The molecule has 0 saturated heterocycles. The van der Waals surface area contributed by atoms with Crippen molar-refractivity contribution in [3.05, 3.63) is 60.8 Å². The molecule has 0 aliphatic rings. The summed E-state index contributed by atoms with van der Waals surface area (Å²) in [7, 11) is 5.42. The average molecular weight is 898 g/mol. The summed E-state index contributed by atoms with van der Waals surface area (Å²) in [5.41, 5.74) is 0. The Morgan fingerprint density at radius 3 is 1.39 bits per heavy atom. The van der Waals surface area contributed by atoms with E-state index >= 15 is 0 Å². The van der Waals surface area contributed by atoms with Crippen LogP contribution in [0, 0.1) is 0 Å². The standard InChI is InChI=1S/C56H99NO7/c1-6-8-10-12-14-16-18-20-22-24-26-27-29-30-32-34-36-38-40-42-44-46-54(58)63-51-52(50-62-49-48-53(56(60)61)57(3,4)5)64-55(59)47-45-43-41-39-37-35-33-31-28-25-23-21-19-17-15-13-11-9-7-2/h8,10,14-17,19-22,52-53H,6-7,9,11-13,18,23-51H2,1-5H3/b10-8+,16-14+,17-15+,21-19+,22-20+. The topological polar surface area (TPSA) is 102 Å². The fraction of sp³-hybridized carbons (Fsp3) is 0.768. The van der Waals surface area contributed by atoms with E-state index in [9.17, 15) is 19.5 Å². The van der Waals surface area contributed by atoms with Crippen LogP contribution in [0.3, 0.4) is 0 Å². The fourth-order valence-electron chi connectivity index (χ4n) is 7.61. The highest BCUT2D eigenvalue weighted by Gasteiger charge is 2.25. The Morgan fingerprint density at radius 1 is 0.500 bits per heavy atom. The monoisotopic (exact) mass is 898 g/mol. The van der Waals surface area contributed by atoms with E-state index in [1.54, 1.807) is 21.1 Å². The molecule has 0 bridgehead atoms. The van der Waals surface area contributed by atoms with Gasteiger partial charge in [-0.3, -0.25) is 9.59 Å². The molecule has 0 aliphatic carbocycles. The molecule has 370 valence electrons. The first-order valence-electron chi connectivity index (χ1n) is 26.3. The van der Waals surface area contributed by atoms with E-state index in [-0.39, 0.29) is 42.7 Å². The van der Waals surface area contributed by atoms with Crippen molar-refractivity contribution < 1.29 is 38.2 Å². The lowest BCUT2D eigenvalue weighted by Crippen LogP contribution is -2.55. The van der Waals surface area contributed by atoms with Crippen molar-refractivity contribution >= 4 is 17.9 Å². The minimum absolute atomic E-state index is 0.0380. The number of nitrogens with zero attached hydrogens (tertiary/aromatic N) is 1. The molecule has 2 unspecified atom stereocenters. The number of hydrogen-bond acceptors (Lipinski definition) is 7. The Kier molecular flexibility index (Phi) is 44.4. The van der Waals surface area contributed by atoms with Gasteiger partial charge in [0.1, 0.15) is 12.6 Å². The number of unbranched alkanes of at least 4 members (excludes halogenated alkanes) is 24. The second-order valence-corrected chi connectivity index (χ2v) is 18.8. The maximum absolute atomic E-state index is 12.8. The molecule has 2 atom stereocenters. The van der Waals surface area contributed by atoms with E-state index < -0.39 is 18.1 Å². The van der Waals surface area contributed by atoms with Gasteiger partial charge in [0, 0.05) is 19.3 Å². The number of hydrogen-bond donors (Lipinski definition) is 0. The Bertz CT molecular complexity index is 1230. The SMILES string of the molecule is CC/C=C/C/C=C/C/C=C/CCCCCCCCCCCCCC(=O)OCC(COCCC(C(=O)[O-])[N+](C)(C)C)OC(=O)CCCCCCCCCCCC/C=C/C=C/CCCCC. The zero-order valence-corrected chi connectivity index (χ0v) is 42.2. The minimum atomic E-state index is -1.13. The molecule has 8 nitrogen and oxygen atoms in total. The summed E-state index contributed by atoms with van der Waals surface area (Å²) in [5.74, 6) is -1.74. The molecule has 0 rings (SSSR count). The second-order valence-electron chi connectivity index (χ2n) is 18.8. The largest absolute Gasteiger partial charge is 0.544 e. The van der Waals surface area contributed by atoms with Crippen LogP contribution in [0.1, 0.15) is 226 Å². The number of carbonyl (C=O) groups is 3. The number of carboxylic acids is 1. The smallest absolute Gasteiger partial charge is 0.306 e. The van der Waals surface area contributed by atoms with E-state index in [4.69, 9.17) is 14.2 Å². The second kappa shape index (κ2) is 46.6. The maximum atomic E-state index is 12.8. The molecule has 0 N–H and O–H groups in total. The number of rotatable bonds is 47. The first kappa shape index (κ1) is 61.0. The van der Waals surface area contributed by atoms with E-state index in [1.165, 1.54) is 135 Å². The Balaban J connectivity index is 4.22. The van der Waals surface area contributed by atoms with E-state index in [2.05, 4.69) is 74.6 Å². The molecule has 64 heavy (non-hydrogen) atoms. The molecule has 0 aromatic carbocycles. The number of likely N-dealkylation sites (N-methyl/N-ethyl adjacent to an activating group) is 1. The molecule has 0 amide bonds. The molecule has 0 fully saturated rings. The van der Waals surface area contributed by atoms with E-state index in [0.29, 0.717) is 12.8 Å². The van der Waals surface area contributed by atoms with Crippen LogP contribution < -0.4 is 5.11 Å². The molecule has 0 heterocycles. The summed E-state index contributed by atoms with van der Waals surface area (Å²) in [5, 5.41) is 11.7. The van der Waals surface area contributed by atoms with Crippen molar-refractivity contribution in [2.75, 3.05) is 41.0 Å². The third-order valence-electron chi connectivity index (χ3n) is 11.7. The third kappa shape index (κ3) is 44.2. The number of carboxylic acid groups (broad SMARTS) is 1. The van der Waals surface area contributed by atoms with Crippen LogP contribution in [0.25, 0.3) is 0 Å². The third-order valence-corrected chi connectivity index (χ3v) is 11.7. The summed E-state index contributed by atoms with van der Waals surface area (Å²) < 4.78 is 17.3. The summed E-state index contributed by atoms with van der Waals surface area (Å²) in [6.07, 6.45) is 58.2. The van der Waals surface area contributed by atoms with Crippen LogP contribution in [0.5, 0.6) is 0 Å². The quantitative estimate of drug-likeness (QED) is 0.0197. The van der Waals surface area contributed by atoms with Gasteiger partial charge in [-0.15, -0.1) is 0 Å². The highest BCUT2D eigenvalue weighted by Crippen LogP contribution is 2.16. The van der Waals surface area contributed by atoms with Gasteiger partial charge < -0.3 is 28.6 Å². The Labute approximate surface area is 394 Å². The first-order chi connectivity index (χ1) is 31.1. The van der Waals surface area contributed by atoms with E-state index in [1.807, 2.05) is 0 Å². The molecule has 0 saturated carbocycles. The molecule has 0 radical (unpaired) electrons. The predicted molar refractivity (Wildman–Crippen MR) is 268 cm³/mol. The summed E-state index contributed by atoms with van der Waals surface area (Å²) >= 11 is 0. The van der Waals surface area contributed by atoms with Crippen LogP contribution >= 0.6 is 0 Å². The van der Waals surface area contributed by atoms with Crippen LogP contribution in [0.15, 0.2) is 60.8 Å². The van der Waals surface area contributed by atoms with Crippen molar-refractivity contribution in [1.29, 1.82) is 0 Å². The van der Waals surface area contributed by atoms with Crippen LogP contribution in [0.4, 0.5) is 0 Å². The van der Waals surface area contributed by atoms with Gasteiger partial charge >= 0.3 is 11.9 Å². The van der Waals surface area contributed by atoms with Gasteiger partial charge in [-0.25, -0.2) is 0 Å². The summed E-state index contributed by atoms with van der Waals surface area (Å²) in [6, 6.07) is -0.729. The number of esters is 2. The fourth-order valence-corrected chi connectivity index (χ4v) is 7.61. The van der Waals surface area contributed by atoms with Gasteiger partial charge in [-0.05, 0) is 70.6 Å². The lowest BCUT2D eigenvalue weighted by molar-refractivity contribution is -0.889. The highest BCUT2D eigenvalue weighted by atomic mass is 16.6. The number of ether oxygens (including phenoxy) is 3. The molecular weight excluding hydrogens is 799 g/mol. The number of carbonyl (C=O) groups excluding carboxylic acids is 3. The van der Waals surface area contributed by atoms with Gasteiger partial charge in [-0.1, -0.05) is 197 Å². The Morgan fingerprint density at radius 2 is 0.922 bits per heavy atom. The van der Waals surface area contributed by atoms with Gasteiger partial charge in [0.2, 0.25) is 0 Å². The maximum Gasteiger partial charge on any atom is 0.306 e. The lowest BCUT2D eigenvalue weighted by atomic mass is 10.0. The molecular formula is C56H99NO7. The van der Waals surface area contributed by atoms with Gasteiger partial charge in [0.25, 0.3) is 0 Å². The lowest BCUT2D eigenvalue weighted by Gasteiger charge is -2.34. The van der Waals surface area contributed by atoms with Crippen molar-refractivity contribution in [2.24, 2.45) is 0 Å². The van der Waals surface area contributed by atoms with E-state index in [0.717, 1.165) is 57.8 Å². The number of aliphatic carboxylic acids is 1. The van der Waals surface area contributed by atoms with Crippen molar-refractivity contribution in [3.63, 3.8) is 0 Å². The van der Waals surface area contributed by atoms with Gasteiger partial charge in [0.15, 0.2) is 6.10 Å². The molecule has 0 aromatic rings. The molecule has 0 spiro atoms. The normalized spacial score (nSPS) is 13.3. The molecule has 8 heteroatoms. The Hall–Kier alpha value is -2.97. The average Bonchev–Trinajstić information content (AvgIpc) is 3.26. The van der Waals surface area contributed by atoms with Crippen molar-refractivity contribution in [2.45, 2.75) is 238 Å². The molecule has 0 aromatic heterocycles. The van der Waals surface area contributed by atoms with Crippen molar-refractivity contribution in [3.8, 4) is 0 Å². The van der Waals surface area contributed by atoms with Crippen LogP contribution in [-0.4, -0.2) is 75.5 Å².